The molecule has 2 nitrogen and oxygen atoms in total. The van der Waals surface area contributed by atoms with Gasteiger partial charge in [0, 0.05) is 11.4 Å². The van der Waals surface area contributed by atoms with Gasteiger partial charge in [-0.15, -0.1) is 11.3 Å². The predicted octanol–water partition coefficient (Wildman–Crippen LogP) is 3.40. The van der Waals surface area contributed by atoms with E-state index in [0.29, 0.717) is 0 Å². The third-order valence-electron chi connectivity index (χ3n) is 2.53. The van der Waals surface area contributed by atoms with Crippen LogP contribution in [0.25, 0.3) is 10.4 Å². The summed E-state index contributed by atoms with van der Waals surface area (Å²) < 4.78 is 0. The fourth-order valence-electron chi connectivity index (χ4n) is 1.61. The van der Waals surface area contributed by atoms with Gasteiger partial charge in [0.1, 0.15) is 10.9 Å². The third kappa shape index (κ3) is 2.94. The second-order valence-electron chi connectivity index (χ2n) is 3.75. The molecule has 0 spiro atoms. The van der Waals surface area contributed by atoms with Gasteiger partial charge in [0.25, 0.3) is 0 Å². The highest BCUT2D eigenvalue weighted by Gasteiger charge is 2.02. The predicted molar refractivity (Wildman–Crippen MR) is 71.9 cm³/mol. The molecule has 0 amide bonds. The molecule has 1 aromatic heterocycles. The van der Waals surface area contributed by atoms with Crippen molar-refractivity contribution in [3.05, 3.63) is 46.8 Å². The Kier molecular flexibility index (Phi) is 3.92. The Morgan fingerprint density at radius 2 is 1.94 bits per heavy atom. The van der Waals surface area contributed by atoms with E-state index in [9.17, 15) is 0 Å². The average molecular weight is 242 g/mol. The van der Waals surface area contributed by atoms with Crippen molar-refractivity contribution in [1.29, 1.82) is 5.26 Å². The number of nitriles is 1. The van der Waals surface area contributed by atoms with Gasteiger partial charge in [0.2, 0.25) is 0 Å². The van der Waals surface area contributed by atoms with Gasteiger partial charge in [-0.2, -0.15) is 5.26 Å². The quantitative estimate of drug-likeness (QED) is 0.892. The molecule has 0 aliphatic heterocycles. The van der Waals surface area contributed by atoms with Crippen LogP contribution in [0.2, 0.25) is 0 Å². The van der Waals surface area contributed by atoms with E-state index in [0.717, 1.165) is 22.8 Å². The van der Waals surface area contributed by atoms with Crippen molar-refractivity contribution in [1.82, 2.24) is 5.32 Å². The Labute approximate surface area is 106 Å². The number of nitrogens with zero attached hydrogens (tertiary/aromatic N) is 1. The monoisotopic (exact) mass is 242 g/mol. The number of hydrogen-bond acceptors (Lipinski definition) is 3. The molecular formula is C14H14N2S. The van der Waals surface area contributed by atoms with E-state index in [4.69, 9.17) is 5.26 Å². The van der Waals surface area contributed by atoms with Crippen molar-refractivity contribution in [2.24, 2.45) is 0 Å². The van der Waals surface area contributed by atoms with Gasteiger partial charge in [0.15, 0.2) is 0 Å². The normalized spacial score (nSPS) is 10.1. The first-order valence-corrected chi connectivity index (χ1v) is 6.45. The molecule has 0 aliphatic carbocycles. The fourth-order valence-corrected chi connectivity index (χ4v) is 2.42. The van der Waals surface area contributed by atoms with Gasteiger partial charge in [-0.05, 0) is 29.8 Å². The zero-order valence-electron chi connectivity index (χ0n) is 9.73. The minimum Gasteiger partial charge on any atom is -0.313 e. The van der Waals surface area contributed by atoms with Crippen LogP contribution in [0.1, 0.15) is 17.4 Å². The molecule has 17 heavy (non-hydrogen) atoms. The zero-order chi connectivity index (χ0) is 12.1. The molecule has 0 radical (unpaired) electrons. The maximum atomic E-state index is 8.79. The Balaban J connectivity index is 2.15. The minimum atomic E-state index is 0.761. The molecule has 1 N–H and O–H groups in total. The summed E-state index contributed by atoms with van der Waals surface area (Å²) in [5.74, 6) is 0. The summed E-state index contributed by atoms with van der Waals surface area (Å²) in [4.78, 5) is 1.91. The highest BCUT2D eigenvalue weighted by atomic mass is 32.1. The van der Waals surface area contributed by atoms with Crippen LogP contribution in [-0.2, 0) is 6.54 Å². The van der Waals surface area contributed by atoms with E-state index in [1.165, 1.54) is 22.5 Å². The highest BCUT2D eigenvalue weighted by molar-refractivity contribution is 7.16. The Hall–Kier alpha value is -1.63. The number of nitrogens with one attached hydrogen (secondary N) is 1. The van der Waals surface area contributed by atoms with Gasteiger partial charge in [-0.3, -0.25) is 0 Å². The summed E-state index contributed by atoms with van der Waals surface area (Å²) in [5.41, 5.74) is 2.46. The standard InChI is InChI=1S/C14H14N2S/c1-2-16-10-11-3-5-12(6-4-11)14-8-7-13(9-15)17-14/h3-8,16H,2,10H2,1H3. The average Bonchev–Trinajstić information content (AvgIpc) is 2.86. The molecule has 2 rings (SSSR count). The Morgan fingerprint density at radius 1 is 1.18 bits per heavy atom. The second kappa shape index (κ2) is 5.62. The topological polar surface area (TPSA) is 35.8 Å². The van der Waals surface area contributed by atoms with E-state index in [2.05, 4.69) is 42.6 Å². The molecule has 1 heterocycles. The Morgan fingerprint density at radius 3 is 2.53 bits per heavy atom. The third-order valence-corrected chi connectivity index (χ3v) is 3.57. The van der Waals surface area contributed by atoms with E-state index < -0.39 is 0 Å². The van der Waals surface area contributed by atoms with Gasteiger partial charge < -0.3 is 5.32 Å². The van der Waals surface area contributed by atoms with Crippen molar-refractivity contribution in [2.75, 3.05) is 6.54 Å². The lowest BCUT2D eigenvalue weighted by Gasteiger charge is -2.03. The van der Waals surface area contributed by atoms with Crippen molar-refractivity contribution in [3.8, 4) is 16.5 Å². The first kappa shape index (κ1) is 11.8. The van der Waals surface area contributed by atoms with E-state index in [1.54, 1.807) is 0 Å². The van der Waals surface area contributed by atoms with E-state index in [-0.39, 0.29) is 0 Å². The van der Waals surface area contributed by atoms with Crippen LogP contribution in [0, 0.1) is 11.3 Å². The maximum absolute atomic E-state index is 8.79. The van der Waals surface area contributed by atoms with Gasteiger partial charge in [-0.1, -0.05) is 31.2 Å². The van der Waals surface area contributed by atoms with Crippen LogP contribution in [-0.4, -0.2) is 6.54 Å². The summed E-state index contributed by atoms with van der Waals surface area (Å²) in [6.07, 6.45) is 0. The van der Waals surface area contributed by atoms with Gasteiger partial charge >= 0.3 is 0 Å². The first-order valence-electron chi connectivity index (χ1n) is 5.63. The summed E-state index contributed by atoms with van der Waals surface area (Å²) in [6, 6.07) is 14.5. The van der Waals surface area contributed by atoms with Crippen molar-refractivity contribution in [2.45, 2.75) is 13.5 Å². The lowest BCUT2D eigenvalue weighted by molar-refractivity contribution is 0.727. The van der Waals surface area contributed by atoms with Crippen LogP contribution in [0.5, 0.6) is 0 Å². The first-order chi connectivity index (χ1) is 8.33. The molecular weight excluding hydrogens is 228 g/mol. The molecule has 0 saturated carbocycles. The highest BCUT2D eigenvalue weighted by Crippen LogP contribution is 2.27. The van der Waals surface area contributed by atoms with Crippen LogP contribution in [0.4, 0.5) is 0 Å². The Bertz CT molecular complexity index is 520. The largest absolute Gasteiger partial charge is 0.313 e. The molecule has 0 atom stereocenters. The smallest absolute Gasteiger partial charge is 0.110 e. The summed E-state index contributed by atoms with van der Waals surface area (Å²) in [6.45, 7) is 3.99. The molecule has 2 aromatic rings. The van der Waals surface area contributed by atoms with Crippen LogP contribution in [0.15, 0.2) is 36.4 Å². The molecule has 1 aromatic carbocycles. The van der Waals surface area contributed by atoms with Crippen LogP contribution in [0.3, 0.4) is 0 Å². The lowest BCUT2D eigenvalue weighted by atomic mass is 10.1. The number of hydrogen-bond donors (Lipinski definition) is 1. The van der Waals surface area contributed by atoms with Crippen molar-refractivity contribution < 1.29 is 0 Å². The SMILES string of the molecule is CCNCc1ccc(-c2ccc(C#N)s2)cc1. The summed E-state index contributed by atoms with van der Waals surface area (Å²) >= 11 is 1.53. The van der Waals surface area contributed by atoms with Gasteiger partial charge in [-0.25, -0.2) is 0 Å². The molecule has 0 unspecified atom stereocenters. The molecule has 86 valence electrons. The van der Waals surface area contributed by atoms with Crippen LogP contribution < -0.4 is 5.32 Å². The lowest BCUT2D eigenvalue weighted by Crippen LogP contribution is -2.11. The number of benzene rings is 1. The number of rotatable bonds is 4. The van der Waals surface area contributed by atoms with Crippen molar-refractivity contribution >= 4 is 11.3 Å². The fraction of sp³-hybridized carbons (Fsp3) is 0.214. The summed E-state index contributed by atoms with van der Waals surface area (Å²) in [5, 5.41) is 12.1. The van der Waals surface area contributed by atoms with Crippen molar-refractivity contribution in [3.63, 3.8) is 0 Å². The molecule has 0 bridgehead atoms. The maximum Gasteiger partial charge on any atom is 0.110 e. The summed E-state index contributed by atoms with van der Waals surface area (Å²) in [7, 11) is 0. The molecule has 0 fully saturated rings. The molecule has 3 heteroatoms. The van der Waals surface area contributed by atoms with E-state index >= 15 is 0 Å². The zero-order valence-corrected chi connectivity index (χ0v) is 10.6. The number of thiophene rings is 1. The molecule has 0 saturated heterocycles. The second-order valence-corrected chi connectivity index (χ2v) is 4.84. The van der Waals surface area contributed by atoms with Crippen LogP contribution >= 0.6 is 11.3 Å². The minimum absolute atomic E-state index is 0.761. The van der Waals surface area contributed by atoms with E-state index in [1.807, 2.05) is 12.1 Å². The molecule has 0 aliphatic rings. The van der Waals surface area contributed by atoms with Gasteiger partial charge in [0.05, 0.1) is 0 Å².